The van der Waals surface area contributed by atoms with Gasteiger partial charge in [0, 0.05) is 25.6 Å². The minimum atomic E-state index is 0.536. The van der Waals surface area contributed by atoms with Gasteiger partial charge in [-0.1, -0.05) is 44.2 Å². The van der Waals surface area contributed by atoms with Gasteiger partial charge >= 0.3 is 0 Å². The molecule has 1 aromatic carbocycles. The van der Waals surface area contributed by atoms with Crippen LogP contribution in [0.15, 0.2) is 35.3 Å². The molecule has 0 saturated heterocycles. The lowest BCUT2D eigenvalue weighted by molar-refractivity contribution is 0.549. The zero-order valence-corrected chi connectivity index (χ0v) is 12.9. The van der Waals surface area contributed by atoms with Crippen molar-refractivity contribution in [3.05, 3.63) is 35.9 Å². The first-order valence-corrected chi connectivity index (χ1v) is 7.73. The van der Waals surface area contributed by atoms with E-state index in [-0.39, 0.29) is 0 Å². The van der Waals surface area contributed by atoms with Gasteiger partial charge in [0.2, 0.25) is 0 Å². The lowest BCUT2D eigenvalue weighted by Crippen LogP contribution is -2.39. The van der Waals surface area contributed by atoms with E-state index >= 15 is 0 Å². The van der Waals surface area contributed by atoms with Crippen molar-refractivity contribution in [2.75, 3.05) is 13.6 Å². The highest BCUT2D eigenvalue weighted by Crippen LogP contribution is 2.40. The van der Waals surface area contributed by atoms with Crippen LogP contribution in [-0.4, -0.2) is 25.6 Å². The van der Waals surface area contributed by atoms with Crippen molar-refractivity contribution in [2.45, 2.75) is 45.1 Å². The third-order valence-corrected chi connectivity index (χ3v) is 3.81. The molecule has 0 spiro atoms. The molecular formula is C17H27N3. The SMILES string of the molecule is CN=C(NCCCC(C)C)NC1CC1c1ccccc1. The number of benzene rings is 1. The van der Waals surface area contributed by atoms with Crippen LogP contribution in [0.2, 0.25) is 0 Å². The van der Waals surface area contributed by atoms with Gasteiger partial charge in [-0.15, -0.1) is 0 Å². The standard InChI is InChI=1S/C17H27N3/c1-13(2)8-7-11-19-17(18-3)20-16-12-15(16)14-9-5-4-6-10-14/h4-6,9-10,13,15-16H,7-8,11-12H2,1-3H3,(H2,18,19,20). The smallest absolute Gasteiger partial charge is 0.191 e. The van der Waals surface area contributed by atoms with E-state index in [0.29, 0.717) is 12.0 Å². The summed E-state index contributed by atoms with van der Waals surface area (Å²) in [5, 5.41) is 6.92. The van der Waals surface area contributed by atoms with E-state index in [4.69, 9.17) is 0 Å². The highest BCUT2D eigenvalue weighted by molar-refractivity contribution is 5.80. The molecule has 1 saturated carbocycles. The number of nitrogens with one attached hydrogen (secondary N) is 2. The van der Waals surface area contributed by atoms with Crippen LogP contribution in [0.3, 0.4) is 0 Å². The molecule has 1 fully saturated rings. The Morgan fingerprint density at radius 1 is 1.30 bits per heavy atom. The average Bonchev–Trinajstić information content (AvgIpc) is 3.22. The van der Waals surface area contributed by atoms with Crippen LogP contribution in [-0.2, 0) is 0 Å². The zero-order chi connectivity index (χ0) is 14.4. The van der Waals surface area contributed by atoms with Crippen LogP contribution in [0.4, 0.5) is 0 Å². The Bertz CT molecular complexity index is 425. The van der Waals surface area contributed by atoms with Crippen LogP contribution in [0.5, 0.6) is 0 Å². The molecular weight excluding hydrogens is 246 g/mol. The summed E-state index contributed by atoms with van der Waals surface area (Å²) in [5.41, 5.74) is 1.43. The molecule has 0 amide bonds. The maximum Gasteiger partial charge on any atom is 0.191 e. The van der Waals surface area contributed by atoms with Crippen LogP contribution in [0.1, 0.15) is 44.6 Å². The van der Waals surface area contributed by atoms with E-state index in [1.807, 2.05) is 7.05 Å². The van der Waals surface area contributed by atoms with Gasteiger partial charge in [-0.2, -0.15) is 0 Å². The van der Waals surface area contributed by atoms with Gasteiger partial charge in [-0.05, 0) is 30.7 Å². The Balaban J connectivity index is 1.70. The van der Waals surface area contributed by atoms with E-state index in [2.05, 4.69) is 59.8 Å². The summed E-state index contributed by atoms with van der Waals surface area (Å²) >= 11 is 0. The van der Waals surface area contributed by atoms with Gasteiger partial charge < -0.3 is 10.6 Å². The number of hydrogen-bond acceptors (Lipinski definition) is 1. The second kappa shape index (κ2) is 7.32. The molecule has 0 aromatic heterocycles. The number of aliphatic imine (C=N–C) groups is 1. The van der Waals surface area contributed by atoms with Gasteiger partial charge in [0.25, 0.3) is 0 Å². The molecule has 2 atom stereocenters. The van der Waals surface area contributed by atoms with E-state index in [0.717, 1.165) is 18.4 Å². The summed E-state index contributed by atoms with van der Waals surface area (Å²) < 4.78 is 0. The molecule has 1 aromatic rings. The molecule has 2 rings (SSSR count). The molecule has 0 bridgehead atoms. The van der Waals surface area contributed by atoms with Crippen LogP contribution in [0.25, 0.3) is 0 Å². The average molecular weight is 273 g/mol. The van der Waals surface area contributed by atoms with Crippen molar-refractivity contribution in [1.29, 1.82) is 0 Å². The lowest BCUT2D eigenvalue weighted by atomic mass is 10.1. The topological polar surface area (TPSA) is 36.4 Å². The maximum absolute atomic E-state index is 4.31. The van der Waals surface area contributed by atoms with Crippen LogP contribution in [0, 0.1) is 5.92 Å². The predicted octanol–water partition coefficient (Wildman–Crippen LogP) is 3.14. The fourth-order valence-electron chi connectivity index (χ4n) is 2.51. The van der Waals surface area contributed by atoms with Crippen molar-refractivity contribution in [1.82, 2.24) is 10.6 Å². The van der Waals surface area contributed by atoms with Gasteiger partial charge in [-0.25, -0.2) is 0 Å². The Morgan fingerprint density at radius 3 is 2.70 bits per heavy atom. The third-order valence-electron chi connectivity index (χ3n) is 3.81. The Morgan fingerprint density at radius 2 is 2.05 bits per heavy atom. The van der Waals surface area contributed by atoms with Crippen molar-refractivity contribution >= 4 is 5.96 Å². The first kappa shape index (κ1) is 14.9. The highest BCUT2D eigenvalue weighted by atomic mass is 15.2. The summed E-state index contributed by atoms with van der Waals surface area (Å²) in [6.07, 6.45) is 3.67. The highest BCUT2D eigenvalue weighted by Gasteiger charge is 2.38. The van der Waals surface area contributed by atoms with Crippen molar-refractivity contribution < 1.29 is 0 Å². The van der Waals surface area contributed by atoms with Crippen molar-refractivity contribution in [2.24, 2.45) is 10.9 Å². The third kappa shape index (κ3) is 4.55. The van der Waals surface area contributed by atoms with Gasteiger partial charge in [0.05, 0.1) is 0 Å². The molecule has 0 heterocycles. The zero-order valence-electron chi connectivity index (χ0n) is 12.9. The monoisotopic (exact) mass is 273 g/mol. The summed E-state index contributed by atoms with van der Waals surface area (Å²) in [6.45, 7) is 5.53. The second-order valence-corrected chi connectivity index (χ2v) is 6.04. The van der Waals surface area contributed by atoms with E-state index in [1.54, 1.807) is 0 Å². The second-order valence-electron chi connectivity index (χ2n) is 6.04. The molecule has 0 aliphatic heterocycles. The molecule has 0 radical (unpaired) electrons. The molecule has 1 aliphatic carbocycles. The fourth-order valence-corrected chi connectivity index (χ4v) is 2.51. The molecule has 3 nitrogen and oxygen atoms in total. The minimum absolute atomic E-state index is 0.536. The number of nitrogens with zero attached hydrogens (tertiary/aromatic N) is 1. The van der Waals surface area contributed by atoms with Crippen LogP contribution < -0.4 is 10.6 Å². The van der Waals surface area contributed by atoms with E-state index in [9.17, 15) is 0 Å². The van der Waals surface area contributed by atoms with E-state index in [1.165, 1.54) is 24.8 Å². The largest absolute Gasteiger partial charge is 0.356 e. The molecule has 2 unspecified atom stereocenters. The molecule has 20 heavy (non-hydrogen) atoms. The summed E-state index contributed by atoms with van der Waals surface area (Å²) in [4.78, 5) is 4.31. The minimum Gasteiger partial charge on any atom is -0.356 e. The Kier molecular flexibility index (Phi) is 5.45. The molecule has 3 heteroatoms. The van der Waals surface area contributed by atoms with E-state index < -0.39 is 0 Å². The van der Waals surface area contributed by atoms with Crippen LogP contribution >= 0.6 is 0 Å². The summed E-state index contributed by atoms with van der Waals surface area (Å²) in [6, 6.07) is 11.3. The number of rotatable bonds is 6. The molecule has 2 N–H and O–H groups in total. The maximum atomic E-state index is 4.31. The fraction of sp³-hybridized carbons (Fsp3) is 0.588. The van der Waals surface area contributed by atoms with Crippen molar-refractivity contribution in [3.8, 4) is 0 Å². The van der Waals surface area contributed by atoms with Gasteiger partial charge in [0.1, 0.15) is 0 Å². The molecule has 110 valence electrons. The van der Waals surface area contributed by atoms with Gasteiger partial charge in [0.15, 0.2) is 5.96 Å². The lowest BCUT2D eigenvalue weighted by Gasteiger charge is -2.12. The van der Waals surface area contributed by atoms with Gasteiger partial charge in [-0.3, -0.25) is 4.99 Å². The Labute approximate surface area is 122 Å². The normalized spacial score (nSPS) is 21.9. The first-order chi connectivity index (χ1) is 9.70. The predicted molar refractivity (Wildman–Crippen MR) is 86.2 cm³/mol. The molecule has 1 aliphatic rings. The number of guanidine groups is 1. The first-order valence-electron chi connectivity index (χ1n) is 7.73. The van der Waals surface area contributed by atoms with Crippen molar-refractivity contribution in [3.63, 3.8) is 0 Å². The summed E-state index contributed by atoms with van der Waals surface area (Å²) in [5.74, 6) is 2.36. The summed E-state index contributed by atoms with van der Waals surface area (Å²) in [7, 11) is 1.84. The quantitative estimate of drug-likeness (QED) is 0.474. The Hall–Kier alpha value is -1.51. The number of hydrogen-bond donors (Lipinski definition) is 2.